The van der Waals surface area contributed by atoms with Crippen LogP contribution in [0, 0.1) is 0 Å². The highest BCUT2D eigenvalue weighted by molar-refractivity contribution is 8.02. The van der Waals surface area contributed by atoms with E-state index in [0.29, 0.717) is 6.04 Å². The summed E-state index contributed by atoms with van der Waals surface area (Å²) in [5, 5.41) is 15.1. The lowest BCUT2D eigenvalue weighted by Gasteiger charge is -2.11. The van der Waals surface area contributed by atoms with Crippen LogP contribution in [-0.4, -0.2) is 27.4 Å². The molecule has 1 atom stereocenters. The summed E-state index contributed by atoms with van der Waals surface area (Å²) >= 11 is 2.90. The van der Waals surface area contributed by atoms with Crippen LogP contribution in [-0.2, 0) is 4.79 Å². The fraction of sp³-hybridized carbons (Fsp3) is 0.250. The summed E-state index contributed by atoms with van der Waals surface area (Å²) in [5.41, 5.74) is 0.728. The van der Waals surface area contributed by atoms with Crippen molar-refractivity contribution < 1.29 is 9.53 Å². The van der Waals surface area contributed by atoms with Crippen molar-refractivity contribution >= 4 is 39.8 Å². The van der Waals surface area contributed by atoms with Crippen LogP contribution >= 0.6 is 23.1 Å². The van der Waals surface area contributed by atoms with Gasteiger partial charge < -0.3 is 15.4 Å². The molecule has 0 aliphatic heterocycles. The molecular weight excluding hydrogens is 392 g/mol. The average Bonchev–Trinajstić information content (AvgIpc) is 3.41. The predicted octanol–water partition coefficient (Wildman–Crippen LogP) is 5.02. The van der Waals surface area contributed by atoms with E-state index in [0.717, 1.165) is 26.7 Å². The van der Waals surface area contributed by atoms with Gasteiger partial charge in [0.25, 0.3) is 0 Å². The Kier molecular flexibility index (Phi) is 5.78. The number of carbonyl (C=O) groups is 1. The Morgan fingerprint density at radius 1 is 1.11 bits per heavy atom. The number of thioether (sulfide) groups is 1. The van der Waals surface area contributed by atoms with Gasteiger partial charge in [0, 0.05) is 11.7 Å². The van der Waals surface area contributed by atoms with Crippen molar-refractivity contribution in [3.63, 3.8) is 0 Å². The molecular formula is C20H20N4O2S2. The van der Waals surface area contributed by atoms with E-state index in [1.165, 1.54) is 35.9 Å². The number of anilines is 2. The number of amides is 1. The largest absolute Gasteiger partial charge is 0.457 e. The SMILES string of the molecule is C[C@@H](Sc1nnc(NC2CC2)s1)C(=O)Nc1ccc(Oc2ccccc2)cc1. The summed E-state index contributed by atoms with van der Waals surface area (Å²) in [5.74, 6) is 1.42. The van der Waals surface area contributed by atoms with Crippen molar-refractivity contribution in [3.05, 3.63) is 54.6 Å². The van der Waals surface area contributed by atoms with E-state index < -0.39 is 0 Å². The van der Waals surface area contributed by atoms with E-state index in [2.05, 4.69) is 20.8 Å². The standard InChI is InChI=1S/C20H20N4O2S2/c1-13(27-20-24-23-19(28-20)22-15-7-8-15)18(25)21-14-9-11-17(12-10-14)26-16-5-3-2-4-6-16/h2-6,9-13,15H,7-8H2,1H3,(H,21,25)(H,22,23)/t13-/m1/s1. The maximum absolute atomic E-state index is 12.5. The number of nitrogens with one attached hydrogen (secondary N) is 2. The normalized spacial score (nSPS) is 14.3. The molecule has 1 aliphatic carbocycles. The Bertz CT molecular complexity index is 927. The molecule has 2 aromatic carbocycles. The third kappa shape index (κ3) is 5.24. The Balaban J connectivity index is 1.29. The molecule has 1 aliphatic rings. The Morgan fingerprint density at radius 2 is 1.82 bits per heavy atom. The summed E-state index contributed by atoms with van der Waals surface area (Å²) < 4.78 is 6.55. The van der Waals surface area contributed by atoms with Crippen LogP contribution in [0.5, 0.6) is 11.5 Å². The number of rotatable bonds is 8. The first-order valence-electron chi connectivity index (χ1n) is 9.06. The Morgan fingerprint density at radius 3 is 2.54 bits per heavy atom. The van der Waals surface area contributed by atoms with Gasteiger partial charge in [0.05, 0.1) is 5.25 Å². The van der Waals surface area contributed by atoms with Gasteiger partial charge in [-0.15, -0.1) is 10.2 Å². The first-order chi connectivity index (χ1) is 13.7. The number of ether oxygens (including phenoxy) is 1. The molecule has 0 bridgehead atoms. The van der Waals surface area contributed by atoms with E-state index in [9.17, 15) is 4.79 Å². The first-order valence-corrected chi connectivity index (χ1v) is 10.8. The van der Waals surface area contributed by atoms with E-state index in [4.69, 9.17) is 4.74 Å². The van der Waals surface area contributed by atoms with Crippen LogP contribution in [0.1, 0.15) is 19.8 Å². The van der Waals surface area contributed by atoms with Gasteiger partial charge in [0.15, 0.2) is 4.34 Å². The van der Waals surface area contributed by atoms with Crippen LogP contribution in [0.2, 0.25) is 0 Å². The van der Waals surface area contributed by atoms with Crippen LogP contribution in [0.25, 0.3) is 0 Å². The summed E-state index contributed by atoms with van der Waals surface area (Å²) in [7, 11) is 0. The highest BCUT2D eigenvalue weighted by Gasteiger charge is 2.23. The number of carbonyl (C=O) groups excluding carboxylic acids is 1. The molecule has 1 heterocycles. The van der Waals surface area contributed by atoms with Crippen molar-refractivity contribution in [2.75, 3.05) is 10.6 Å². The highest BCUT2D eigenvalue weighted by Crippen LogP contribution is 2.32. The first kappa shape index (κ1) is 18.8. The van der Waals surface area contributed by atoms with Gasteiger partial charge in [-0.1, -0.05) is 41.3 Å². The molecule has 8 heteroatoms. The van der Waals surface area contributed by atoms with Gasteiger partial charge in [-0.05, 0) is 56.2 Å². The maximum Gasteiger partial charge on any atom is 0.237 e. The van der Waals surface area contributed by atoms with Gasteiger partial charge >= 0.3 is 0 Å². The van der Waals surface area contributed by atoms with Crippen molar-refractivity contribution in [3.8, 4) is 11.5 Å². The summed E-state index contributed by atoms with van der Waals surface area (Å²) in [4.78, 5) is 12.5. The third-order valence-electron chi connectivity index (χ3n) is 4.06. The summed E-state index contributed by atoms with van der Waals surface area (Å²) in [6.45, 7) is 1.86. The molecule has 6 nitrogen and oxygen atoms in total. The number of para-hydroxylation sites is 1. The Labute approximate surface area is 171 Å². The fourth-order valence-corrected chi connectivity index (χ4v) is 4.37. The molecule has 1 aromatic heterocycles. The molecule has 0 radical (unpaired) electrons. The zero-order valence-corrected chi connectivity index (χ0v) is 16.9. The highest BCUT2D eigenvalue weighted by atomic mass is 32.2. The van der Waals surface area contributed by atoms with Gasteiger partial charge in [0.1, 0.15) is 11.5 Å². The number of hydrogen-bond donors (Lipinski definition) is 2. The van der Waals surface area contributed by atoms with Gasteiger partial charge in [-0.25, -0.2) is 0 Å². The van der Waals surface area contributed by atoms with Gasteiger partial charge in [-0.3, -0.25) is 4.79 Å². The Hall–Kier alpha value is -2.58. The zero-order valence-electron chi connectivity index (χ0n) is 15.3. The van der Waals surface area contributed by atoms with E-state index in [-0.39, 0.29) is 11.2 Å². The molecule has 3 aromatic rings. The summed E-state index contributed by atoms with van der Waals surface area (Å²) in [6.07, 6.45) is 2.38. The van der Waals surface area contributed by atoms with Crippen LogP contribution in [0.4, 0.5) is 10.8 Å². The second-order valence-electron chi connectivity index (χ2n) is 6.48. The minimum atomic E-state index is -0.276. The molecule has 2 N–H and O–H groups in total. The second kappa shape index (κ2) is 8.62. The molecule has 0 spiro atoms. The third-order valence-corrected chi connectivity index (χ3v) is 6.10. The van der Waals surface area contributed by atoms with Gasteiger partial charge in [-0.2, -0.15) is 0 Å². The van der Waals surface area contributed by atoms with E-state index in [1.54, 1.807) is 0 Å². The van der Waals surface area contributed by atoms with Crippen molar-refractivity contribution in [1.82, 2.24) is 10.2 Å². The fourth-order valence-electron chi connectivity index (χ4n) is 2.40. The minimum Gasteiger partial charge on any atom is -0.457 e. The summed E-state index contributed by atoms with van der Waals surface area (Å²) in [6, 6.07) is 17.4. The van der Waals surface area contributed by atoms with E-state index >= 15 is 0 Å². The van der Waals surface area contributed by atoms with Crippen molar-refractivity contribution in [2.45, 2.75) is 35.4 Å². The molecule has 144 valence electrons. The zero-order chi connectivity index (χ0) is 19.3. The van der Waals surface area contributed by atoms with Crippen molar-refractivity contribution in [1.29, 1.82) is 0 Å². The molecule has 1 fully saturated rings. The lowest BCUT2D eigenvalue weighted by atomic mass is 10.3. The molecule has 28 heavy (non-hydrogen) atoms. The van der Waals surface area contributed by atoms with Crippen LogP contribution < -0.4 is 15.4 Å². The predicted molar refractivity (Wildman–Crippen MR) is 113 cm³/mol. The number of hydrogen-bond acceptors (Lipinski definition) is 7. The average molecular weight is 413 g/mol. The molecule has 0 unspecified atom stereocenters. The lowest BCUT2D eigenvalue weighted by molar-refractivity contribution is -0.115. The second-order valence-corrected chi connectivity index (χ2v) is 9.05. The monoisotopic (exact) mass is 412 g/mol. The lowest BCUT2D eigenvalue weighted by Crippen LogP contribution is -2.22. The van der Waals surface area contributed by atoms with Crippen LogP contribution in [0.3, 0.4) is 0 Å². The van der Waals surface area contributed by atoms with Crippen molar-refractivity contribution in [2.24, 2.45) is 0 Å². The smallest absolute Gasteiger partial charge is 0.237 e. The van der Waals surface area contributed by atoms with Gasteiger partial charge in [0.2, 0.25) is 11.0 Å². The minimum absolute atomic E-state index is 0.0753. The molecule has 1 saturated carbocycles. The van der Waals surface area contributed by atoms with E-state index in [1.807, 2.05) is 61.5 Å². The van der Waals surface area contributed by atoms with Crippen LogP contribution in [0.15, 0.2) is 58.9 Å². The number of nitrogens with zero attached hydrogens (tertiary/aromatic N) is 2. The molecule has 1 amide bonds. The quantitative estimate of drug-likeness (QED) is 0.506. The maximum atomic E-state index is 12.5. The number of aromatic nitrogens is 2. The molecule has 0 saturated heterocycles. The topological polar surface area (TPSA) is 76.1 Å². The molecule has 4 rings (SSSR count). The number of benzene rings is 2.